The van der Waals surface area contributed by atoms with Crippen molar-refractivity contribution in [3.63, 3.8) is 0 Å². The Kier molecular flexibility index (Phi) is 6.96. The smallest absolute Gasteiger partial charge is 0.226 e. The van der Waals surface area contributed by atoms with E-state index in [1.54, 1.807) is 0 Å². The summed E-state index contributed by atoms with van der Waals surface area (Å²) in [6, 6.07) is 18.8. The first-order valence-corrected chi connectivity index (χ1v) is 11.5. The first-order valence-electron chi connectivity index (χ1n) is 11.5. The van der Waals surface area contributed by atoms with Crippen molar-refractivity contribution in [1.29, 1.82) is 0 Å². The van der Waals surface area contributed by atoms with Crippen molar-refractivity contribution < 1.29 is 4.79 Å². The highest BCUT2D eigenvalue weighted by Gasteiger charge is 2.41. The molecule has 166 valence electrons. The Balaban J connectivity index is 1.52. The first-order chi connectivity index (χ1) is 15.5. The minimum Gasteiger partial charge on any atom is -0.353 e. The fourth-order valence-corrected chi connectivity index (χ4v) is 4.56. The number of carbonyl (C=O) groups excluding carboxylic acids is 1. The molecule has 1 amide bonds. The minimum absolute atomic E-state index is 0.133. The van der Waals surface area contributed by atoms with Gasteiger partial charge in [-0.05, 0) is 87.2 Å². The summed E-state index contributed by atoms with van der Waals surface area (Å²) in [5.74, 6) is 0.180. The third-order valence-electron chi connectivity index (χ3n) is 6.31. The summed E-state index contributed by atoms with van der Waals surface area (Å²) in [4.78, 5) is 24.4. The summed E-state index contributed by atoms with van der Waals surface area (Å²) in [6.07, 6.45) is 7.92. The molecule has 1 aliphatic rings. The average Bonchev–Trinajstić information content (AvgIpc) is 2.81. The molecule has 1 N–H and O–H groups in total. The Hall–Kier alpha value is -3.05. The van der Waals surface area contributed by atoms with Gasteiger partial charge in [-0.25, -0.2) is 0 Å². The van der Waals surface area contributed by atoms with Gasteiger partial charge in [-0.3, -0.25) is 19.7 Å². The molecule has 0 spiro atoms. The maximum absolute atomic E-state index is 13.4. The Bertz CT molecular complexity index is 1010. The lowest BCUT2D eigenvalue weighted by atomic mass is 9.72. The van der Waals surface area contributed by atoms with Crippen LogP contribution in [-0.2, 0) is 17.8 Å². The van der Waals surface area contributed by atoms with Crippen molar-refractivity contribution in [2.45, 2.75) is 45.7 Å². The van der Waals surface area contributed by atoms with Crippen LogP contribution in [0.5, 0.6) is 0 Å². The Morgan fingerprint density at radius 2 is 1.78 bits per heavy atom. The van der Waals surface area contributed by atoms with Gasteiger partial charge < -0.3 is 5.32 Å². The minimum atomic E-state index is -0.387. The number of carbonyl (C=O) groups is 1. The number of pyridine rings is 2. The van der Waals surface area contributed by atoms with Crippen LogP contribution in [0.25, 0.3) is 11.1 Å². The maximum atomic E-state index is 13.4. The Morgan fingerprint density at radius 1 is 1.00 bits per heavy atom. The summed E-state index contributed by atoms with van der Waals surface area (Å²) in [6.45, 7) is 6.69. The van der Waals surface area contributed by atoms with E-state index in [0.717, 1.165) is 55.7 Å². The number of hydrogen-bond acceptors (Lipinski definition) is 4. The van der Waals surface area contributed by atoms with Crippen LogP contribution in [0.2, 0.25) is 0 Å². The van der Waals surface area contributed by atoms with E-state index in [1.807, 2.05) is 56.7 Å². The predicted molar refractivity (Wildman–Crippen MR) is 128 cm³/mol. The van der Waals surface area contributed by atoms with Gasteiger partial charge >= 0.3 is 0 Å². The van der Waals surface area contributed by atoms with E-state index in [9.17, 15) is 4.79 Å². The number of aromatic nitrogens is 2. The first kappa shape index (κ1) is 22.2. The molecule has 1 fully saturated rings. The predicted octanol–water partition coefficient (Wildman–Crippen LogP) is 4.49. The van der Waals surface area contributed by atoms with Crippen LogP contribution in [0, 0.1) is 5.41 Å². The summed E-state index contributed by atoms with van der Waals surface area (Å²) in [5, 5.41) is 3.21. The Labute approximate surface area is 190 Å². The van der Waals surface area contributed by atoms with Crippen molar-refractivity contribution in [2.24, 2.45) is 5.41 Å². The zero-order valence-corrected chi connectivity index (χ0v) is 19.0. The molecule has 0 radical (unpaired) electrons. The van der Waals surface area contributed by atoms with Gasteiger partial charge in [0.1, 0.15) is 0 Å². The molecule has 0 saturated carbocycles. The fourth-order valence-electron chi connectivity index (χ4n) is 4.56. The average molecular weight is 429 g/mol. The molecule has 3 heterocycles. The van der Waals surface area contributed by atoms with E-state index in [1.165, 1.54) is 5.56 Å². The number of nitrogens with one attached hydrogen (secondary N) is 1. The molecule has 2 aromatic heterocycles. The van der Waals surface area contributed by atoms with Crippen LogP contribution >= 0.6 is 0 Å². The number of piperidine rings is 1. The second-order valence-electron chi connectivity index (χ2n) is 9.12. The molecule has 5 heteroatoms. The third kappa shape index (κ3) is 5.40. The molecule has 4 rings (SSSR count). The molecule has 0 atom stereocenters. The number of hydrogen-bond donors (Lipinski definition) is 1. The van der Waals surface area contributed by atoms with Crippen LogP contribution in [0.4, 0.5) is 0 Å². The quantitative estimate of drug-likeness (QED) is 0.602. The van der Waals surface area contributed by atoms with Gasteiger partial charge in [-0.15, -0.1) is 0 Å². The highest BCUT2D eigenvalue weighted by molar-refractivity contribution is 5.83. The van der Waals surface area contributed by atoms with E-state index >= 15 is 0 Å². The van der Waals surface area contributed by atoms with E-state index in [4.69, 9.17) is 0 Å². The molecule has 0 bridgehead atoms. The van der Waals surface area contributed by atoms with Crippen molar-refractivity contribution in [3.05, 3.63) is 84.4 Å². The van der Waals surface area contributed by atoms with E-state index in [2.05, 4.69) is 50.5 Å². The highest BCUT2D eigenvalue weighted by Crippen LogP contribution is 2.37. The fraction of sp³-hybridized carbons (Fsp3) is 0.370. The highest BCUT2D eigenvalue weighted by atomic mass is 16.2. The van der Waals surface area contributed by atoms with Gasteiger partial charge in [0.2, 0.25) is 5.91 Å². The van der Waals surface area contributed by atoms with E-state index < -0.39 is 0 Å². The summed E-state index contributed by atoms with van der Waals surface area (Å²) in [7, 11) is 0. The SMILES string of the molecule is CC(C)NC(=O)C1(Cc2cccc(-c3ccncc3)c2)CCN(Cc2ccccn2)CC1. The maximum Gasteiger partial charge on any atom is 0.226 e. The van der Waals surface area contributed by atoms with Crippen molar-refractivity contribution in [3.8, 4) is 11.1 Å². The van der Waals surface area contributed by atoms with Crippen LogP contribution in [0.1, 0.15) is 37.9 Å². The van der Waals surface area contributed by atoms with Crippen LogP contribution in [0.15, 0.2) is 73.2 Å². The molecular weight excluding hydrogens is 396 g/mol. The lowest BCUT2D eigenvalue weighted by molar-refractivity contribution is -0.134. The number of nitrogens with zero attached hydrogens (tertiary/aromatic N) is 3. The lowest BCUT2D eigenvalue weighted by Gasteiger charge is -2.41. The molecule has 0 aliphatic carbocycles. The molecule has 5 nitrogen and oxygen atoms in total. The summed E-state index contributed by atoms with van der Waals surface area (Å²) in [5.41, 5.74) is 4.21. The van der Waals surface area contributed by atoms with Crippen LogP contribution in [-0.4, -0.2) is 39.9 Å². The van der Waals surface area contributed by atoms with Gasteiger partial charge in [0, 0.05) is 31.2 Å². The largest absolute Gasteiger partial charge is 0.353 e. The summed E-state index contributed by atoms with van der Waals surface area (Å²) >= 11 is 0. The molecule has 1 aromatic carbocycles. The second kappa shape index (κ2) is 10.0. The normalized spacial score (nSPS) is 16.1. The van der Waals surface area contributed by atoms with Crippen molar-refractivity contribution >= 4 is 5.91 Å². The zero-order chi connectivity index (χ0) is 22.4. The lowest BCUT2D eigenvalue weighted by Crippen LogP contribution is -2.51. The monoisotopic (exact) mass is 428 g/mol. The molecule has 0 unspecified atom stereocenters. The Morgan fingerprint density at radius 3 is 2.47 bits per heavy atom. The standard InChI is InChI=1S/C27H32N4O/c1-21(2)30-26(32)27(11-16-31(17-12-27)20-25-8-3-4-13-29-25)19-22-6-5-7-24(18-22)23-9-14-28-15-10-23/h3-10,13-15,18,21H,11-12,16-17,19-20H2,1-2H3,(H,30,32). The molecule has 3 aromatic rings. The van der Waals surface area contributed by atoms with Crippen LogP contribution < -0.4 is 5.32 Å². The number of benzene rings is 1. The van der Waals surface area contributed by atoms with Gasteiger partial charge in [0.25, 0.3) is 0 Å². The van der Waals surface area contributed by atoms with E-state index in [-0.39, 0.29) is 17.4 Å². The van der Waals surface area contributed by atoms with Crippen LogP contribution in [0.3, 0.4) is 0 Å². The third-order valence-corrected chi connectivity index (χ3v) is 6.31. The van der Waals surface area contributed by atoms with Gasteiger partial charge in [-0.2, -0.15) is 0 Å². The van der Waals surface area contributed by atoms with E-state index in [0.29, 0.717) is 0 Å². The summed E-state index contributed by atoms with van der Waals surface area (Å²) < 4.78 is 0. The number of rotatable bonds is 7. The molecule has 1 saturated heterocycles. The van der Waals surface area contributed by atoms with Crippen molar-refractivity contribution in [1.82, 2.24) is 20.2 Å². The number of amides is 1. The number of likely N-dealkylation sites (tertiary alicyclic amines) is 1. The molecule has 1 aliphatic heterocycles. The molecular formula is C27H32N4O. The van der Waals surface area contributed by atoms with Crippen molar-refractivity contribution in [2.75, 3.05) is 13.1 Å². The second-order valence-corrected chi connectivity index (χ2v) is 9.12. The van der Waals surface area contributed by atoms with Gasteiger partial charge in [-0.1, -0.05) is 30.3 Å². The zero-order valence-electron chi connectivity index (χ0n) is 19.0. The molecule has 32 heavy (non-hydrogen) atoms. The van der Waals surface area contributed by atoms with Gasteiger partial charge in [0.05, 0.1) is 11.1 Å². The van der Waals surface area contributed by atoms with Gasteiger partial charge in [0.15, 0.2) is 0 Å². The topological polar surface area (TPSA) is 58.1 Å².